The summed E-state index contributed by atoms with van der Waals surface area (Å²) in [7, 11) is -4.41. The van der Waals surface area contributed by atoms with Crippen LogP contribution in [0.3, 0.4) is 0 Å². The van der Waals surface area contributed by atoms with Crippen LogP contribution >= 0.6 is 11.6 Å². The summed E-state index contributed by atoms with van der Waals surface area (Å²) in [6, 6.07) is 2.80. The number of sulfonamides is 1. The van der Waals surface area contributed by atoms with E-state index in [1.165, 1.54) is 4.83 Å². The Hall–Kier alpha value is -0.830. The average Bonchev–Trinajstić information content (AvgIpc) is 2.15. The lowest BCUT2D eigenvalue weighted by molar-refractivity contribution is -0.139. The van der Waals surface area contributed by atoms with Gasteiger partial charge in [0.2, 0.25) is 0 Å². The molecule has 16 heavy (non-hydrogen) atoms. The maximum Gasteiger partial charge on any atom is 0.419 e. The number of nitrogens with two attached hydrogens (primary N) is 1. The van der Waals surface area contributed by atoms with Gasteiger partial charge in [-0.3, -0.25) is 5.84 Å². The lowest BCUT2D eigenvalue weighted by atomic mass is 10.2. The minimum atomic E-state index is -4.88. The Morgan fingerprint density at radius 2 is 1.88 bits per heavy atom. The second kappa shape index (κ2) is 4.21. The van der Waals surface area contributed by atoms with Crippen LogP contribution in [0.4, 0.5) is 13.2 Å². The normalized spacial score (nSPS) is 12.8. The largest absolute Gasteiger partial charge is 0.419 e. The highest BCUT2D eigenvalue weighted by Gasteiger charge is 2.39. The van der Waals surface area contributed by atoms with Gasteiger partial charge in [0, 0.05) is 0 Å². The first kappa shape index (κ1) is 13.2. The summed E-state index contributed by atoms with van der Waals surface area (Å²) in [5, 5.41) is -0.705. The highest BCUT2D eigenvalue weighted by Crippen LogP contribution is 2.38. The van der Waals surface area contributed by atoms with E-state index in [4.69, 9.17) is 11.6 Å². The maximum atomic E-state index is 12.6. The summed E-state index contributed by atoms with van der Waals surface area (Å²) in [6.45, 7) is 0. The third kappa shape index (κ3) is 2.46. The van der Waals surface area contributed by atoms with Crippen LogP contribution in [0.25, 0.3) is 0 Å². The lowest BCUT2D eigenvalue weighted by Crippen LogP contribution is -2.32. The van der Waals surface area contributed by atoms with Crippen LogP contribution in [0.1, 0.15) is 5.56 Å². The Kier molecular flexibility index (Phi) is 3.48. The van der Waals surface area contributed by atoms with Crippen molar-refractivity contribution in [3.63, 3.8) is 0 Å². The predicted octanol–water partition coefficient (Wildman–Crippen LogP) is 1.51. The SMILES string of the molecule is NNS(=O)(=O)c1cccc(Cl)c1C(F)(F)F. The fourth-order valence-corrected chi connectivity index (χ4v) is 2.28. The van der Waals surface area contributed by atoms with Crippen LogP contribution < -0.4 is 10.7 Å². The monoisotopic (exact) mass is 274 g/mol. The van der Waals surface area contributed by atoms with E-state index in [0.717, 1.165) is 18.2 Å². The Morgan fingerprint density at radius 1 is 1.31 bits per heavy atom. The quantitative estimate of drug-likeness (QED) is 0.634. The zero-order valence-electron chi connectivity index (χ0n) is 7.55. The average molecular weight is 275 g/mol. The minimum absolute atomic E-state index is 0.705. The zero-order chi connectivity index (χ0) is 12.6. The van der Waals surface area contributed by atoms with Gasteiger partial charge in [-0.15, -0.1) is 0 Å². The van der Waals surface area contributed by atoms with E-state index in [1.807, 2.05) is 0 Å². The maximum absolute atomic E-state index is 12.6. The molecule has 0 fully saturated rings. The highest BCUT2D eigenvalue weighted by molar-refractivity contribution is 7.89. The number of hydrazine groups is 1. The van der Waals surface area contributed by atoms with Gasteiger partial charge in [0.1, 0.15) is 0 Å². The molecule has 1 aromatic carbocycles. The molecule has 0 atom stereocenters. The van der Waals surface area contributed by atoms with Crippen molar-refractivity contribution in [1.29, 1.82) is 0 Å². The number of hydrogen-bond acceptors (Lipinski definition) is 3. The molecule has 3 N–H and O–H groups in total. The van der Waals surface area contributed by atoms with Crippen molar-refractivity contribution in [2.24, 2.45) is 5.84 Å². The van der Waals surface area contributed by atoms with Crippen LogP contribution in [-0.2, 0) is 16.2 Å². The van der Waals surface area contributed by atoms with E-state index in [1.54, 1.807) is 0 Å². The van der Waals surface area contributed by atoms with Crippen molar-refractivity contribution in [2.45, 2.75) is 11.1 Å². The molecule has 0 aliphatic rings. The first-order chi connectivity index (χ1) is 7.20. The van der Waals surface area contributed by atoms with Crippen molar-refractivity contribution in [1.82, 2.24) is 4.83 Å². The topological polar surface area (TPSA) is 72.2 Å². The molecule has 9 heteroatoms. The van der Waals surface area contributed by atoms with E-state index in [9.17, 15) is 21.6 Å². The Bertz CT molecular complexity index is 501. The minimum Gasteiger partial charge on any atom is -0.257 e. The number of alkyl halides is 3. The molecule has 0 radical (unpaired) electrons. The fourth-order valence-electron chi connectivity index (χ4n) is 1.07. The third-order valence-electron chi connectivity index (χ3n) is 1.70. The molecule has 0 bridgehead atoms. The molecule has 4 nitrogen and oxygen atoms in total. The second-order valence-electron chi connectivity index (χ2n) is 2.73. The van der Waals surface area contributed by atoms with E-state index >= 15 is 0 Å². The highest BCUT2D eigenvalue weighted by atomic mass is 35.5. The van der Waals surface area contributed by atoms with Gasteiger partial charge >= 0.3 is 6.18 Å². The molecule has 0 aliphatic carbocycles. The zero-order valence-corrected chi connectivity index (χ0v) is 9.12. The van der Waals surface area contributed by atoms with Gasteiger partial charge in [0.15, 0.2) is 0 Å². The first-order valence-electron chi connectivity index (χ1n) is 3.78. The summed E-state index contributed by atoms with van der Waals surface area (Å²) in [5.41, 5.74) is -1.44. The van der Waals surface area contributed by atoms with E-state index in [0.29, 0.717) is 0 Å². The van der Waals surface area contributed by atoms with Gasteiger partial charge in [0.25, 0.3) is 10.0 Å². The molecule has 0 heterocycles. The molecule has 0 saturated carbocycles. The first-order valence-corrected chi connectivity index (χ1v) is 5.64. The third-order valence-corrected chi connectivity index (χ3v) is 3.25. The number of benzene rings is 1. The van der Waals surface area contributed by atoms with Crippen LogP contribution in [0.2, 0.25) is 5.02 Å². The van der Waals surface area contributed by atoms with Gasteiger partial charge < -0.3 is 0 Å². The van der Waals surface area contributed by atoms with E-state index in [2.05, 4.69) is 5.84 Å². The number of nitrogens with one attached hydrogen (secondary N) is 1. The molecule has 0 unspecified atom stereocenters. The van der Waals surface area contributed by atoms with Crippen LogP contribution in [0.15, 0.2) is 23.1 Å². The van der Waals surface area contributed by atoms with Crippen molar-refractivity contribution in [3.05, 3.63) is 28.8 Å². The Labute approximate surface area is 94.2 Å². The number of rotatable bonds is 2. The standard InChI is InChI=1S/C7H6ClF3N2O2S/c8-4-2-1-3-5(16(14,15)13-12)6(4)7(9,10)11/h1-3,13H,12H2. The molecule has 0 aliphatic heterocycles. The van der Waals surface area contributed by atoms with Crippen molar-refractivity contribution >= 4 is 21.6 Å². The predicted molar refractivity (Wildman–Crippen MR) is 51.0 cm³/mol. The van der Waals surface area contributed by atoms with Gasteiger partial charge in [-0.2, -0.15) is 18.0 Å². The molecule has 0 saturated heterocycles. The van der Waals surface area contributed by atoms with Crippen LogP contribution in [0.5, 0.6) is 0 Å². The number of hydrogen-bond donors (Lipinski definition) is 2. The Morgan fingerprint density at radius 3 is 2.31 bits per heavy atom. The van der Waals surface area contributed by atoms with Crippen molar-refractivity contribution < 1.29 is 21.6 Å². The van der Waals surface area contributed by atoms with E-state index < -0.39 is 31.7 Å². The van der Waals surface area contributed by atoms with Crippen LogP contribution in [0, 0.1) is 0 Å². The second-order valence-corrected chi connectivity index (χ2v) is 4.82. The van der Waals surface area contributed by atoms with Crippen molar-refractivity contribution in [2.75, 3.05) is 0 Å². The van der Waals surface area contributed by atoms with Gasteiger partial charge in [-0.25, -0.2) is 8.42 Å². The van der Waals surface area contributed by atoms with Crippen LogP contribution in [-0.4, -0.2) is 8.42 Å². The van der Waals surface area contributed by atoms with Gasteiger partial charge in [0.05, 0.1) is 15.5 Å². The molecule has 0 amide bonds. The molecule has 90 valence electrons. The fraction of sp³-hybridized carbons (Fsp3) is 0.143. The molecule has 0 spiro atoms. The van der Waals surface area contributed by atoms with Crippen molar-refractivity contribution in [3.8, 4) is 0 Å². The summed E-state index contributed by atoms with van der Waals surface area (Å²) in [4.78, 5) is 0.306. The summed E-state index contributed by atoms with van der Waals surface area (Å²) >= 11 is 5.32. The van der Waals surface area contributed by atoms with Gasteiger partial charge in [-0.1, -0.05) is 17.7 Å². The molecule has 0 aromatic heterocycles. The Balaban J connectivity index is 3.60. The summed E-state index contributed by atoms with van der Waals surface area (Å²) in [5.74, 6) is 4.65. The van der Waals surface area contributed by atoms with E-state index in [-0.39, 0.29) is 0 Å². The molecular weight excluding hydrogens is 269 g/mol. The van der Waals surface area contributed by atoms with Gasteiger partial charge in [-0.05, 0) is 12.1 Å². The molecular formula is C7H6ClF3N2O2S. The summed E-state index contributed by atoms with van der Waals surface area (Å²) < 4.78 is 60.1. The smallest absolute Gasteiger partial charge is 0.257 e. The summed E-state index contributed by atoms with van der Waals surface area (Å²) in [6.07, 6.45) is -4.88. The molecule has 1 aromatic rings. The number of halogens is 4. The lowest BCUT2D eigenvalue weighted by Gasteiger charge is -2.13. The molecule has 1 rings (SSSR count).